The molecule has 2 N–H and O–H groups in total. The minimum atomic E-state index is -4.73. The molecule has 0 amide bonds. The summed E-state index contributed by atoms with van der Waals surface area (Å²) in [4.78, 5) is 39.9. The van der Waals surface area contributed by atoms with Gasteiger partial charge in [-0.15, -0.1) is 0 Å². The molecule has 0 radical (unpaired) electrons. The van der Waals surface area contributed by atoms with E-state index in [9.17, 15) is 35.9 Å². The van der Waals surface area contributed by atoms with Crippen molar-refractivity contribution >= 4 is 58.3 Å². The zero-order chi connectivity index (χ0) is 28.7. The zero-order valence-corrected chi connectivity index (χ0v) is 20.0. The molecule has 0 saturated heterocycles. The number of aromatic nitrogens is 4. The van der Waals surface area contributed by atoms with E-state index >= 15 is 0 Å². The maximum absolute atomic E-state index is 12.7. The van der Waals surface area contributed by atoms with E-state index in [1.165, 1.54) is 60.7 Å². The molecule has 8 bridgehead atoms. The Morgan fingerprint density at radius 1 is 0.650 bits per heavy atom. The van der Waals surface area contributed by atoms with Crippen LogP contribution in [0.25, 0.3) is 46.4 Å². The van der Waals surface area contributed by atoms with Crippen molar-refractivity contribution in [3.05, 3.63) is 70.3 Å². The largest absolute Gasteiger partial charge is 0.452 e. The van der Waals surface area contributed by atoms with E-state index in [4.69, 9.17) is 0 Å². The van der Waals surface area contributed by atoms with E-state index in [0.717, 1.165) is 0 Å². The summed E-state index contributed by atoms with van der Waals surface area (Å²) >= 11 is 0. The molecule has 0 aromatic carbocycles. The number of alkyl halides is 6. The maximum Gasteiger partial charge on any atom is 0.422 e. The molecule has 0 atom stereocenters. The molecule has 3 aromatic rings. The lowest BCUT2D eigenvalue weighted by Gasteiger charge is -2.08. The Kier molecular flexibility index (Phi) is 6.69. The average Bonchev–Trinajstić information content (AvgIpc) is 3.66. The molecule has 5 heterocycles. The van der Waals surface area contributed by atoms with Crippen molar-refractivity contribution in [3.63, 3.8) is 0 Å². The lowest BCUT2D eigenvalue weighted by atomic mass is 10.2. The summed E-state index contributed by atoms with van der Waals surface area (Å²) < 4.78 is 85.3. The number of aromatic amines is 2. The Morgan fingerprint density at radius 2 is 1.07 bits per heavy atom. The fourth-order valence-corrected chi connectivity index (χ4v) is 3.94. The number of halogens is 6. The van der Waals surface area contributed by atoms with E-state index < -0.39 is 37.5 Å². The van der Waals surface area contributed by atoms with Gasteiger partial charge in [0.1, 0.15) is 11.1 Å². The van der Waals surface area contributed by atoms with E-state index in [0.29, 0.717) is 11.0 Å². The van der Waals surface area contributed by atoms with Crippen molar-refractivity contribution in [3.8, 4) is 0 Å². The van der Waals surface area contributed by atoms with Crippen molar-refractivity contribution in [1.82, 2.24) is 19.9 Å². The highest BCUT2D eigenvalue weighted by Gasteiger charge is 2.32. The van der Waals surface area contributed by atoms with Crippen LogP contribution in [0.15, 0.2) is 36.4 Å². The Morgan fingerprint density at radius 3 is 1.48 bits per heavy atom. The van der Waals surface area contributed by atoms with Gasteiger partial charge in [-0.1, -0.05) is 0 Å². The lowest BCUT2D eigenvalue weighted by Crippen LogP contribution is -2.21. The molecule has 5 rings (SSSR count). The second kappa shape index (κ2) is 10.0. The Balaban J connectivity index is 1.72. The summed E-state index contributed by atoms with van der Waals surface area (Å²) in [7, 11) is 0. The molecule has 0 spiro atoms. The quantitative estimate of drug-likeness (QED) is 0.203. The molecule has 40 heavy (non-hydrogen) atoms. The standard InChI is InChI=1S/C26H16F6N4O4/c27-25(28,29)11-39-23(37)21-17-5-1-13(33-17)9-14-2-6-19(34-14)22(24(38)40-12-26(30,31)32)20-8-4-16(36-20)10-15-3-7-18(21)35-15/h1-10,33-34H,11-12H2. The molecule has 8 nitrogen and oxygen atoms in total. The number of hydrogen-bond acceptors (Lipinski definition) is 6. The Hall–Kier alpha value is -4.88. The minimum absolute atomic E-state index is 0.0239. The number of nitrogens with zero attached hydrogens (tertiary/aromatic N) is 2. The number of nitrogens with one attached hydrogen (secondary N) is 2. The number of H-pyrrole nitrogens is 2. The molecule has 2 aliphatic heterocycles. The van der Waals surface area contributed by atoms with Crippen molar-refractivity contribution in [2.24, 2.45) is 0 Å². The van der Waals surface area contributed by atoms with Gasteiger partial charge in [0.15, 0.2) is 13.2 Å². The van der Waals surface area contributed by atoms with Crippen LogP contribution in [0.1, 0.15) is 43.5 Å². The normalized spacial score (nSPS) is 12.9. The second-order valence-corrected chi connectivity index (χ2v) is 8.59. The van der Waals surface area contributed by atoms with Gasteiger partial charge in [-0.3, -0.25) is 0 Å². The van der Waals surface area contributed by atoms with E-state index in [1.807, 2.05) is 0 Å². The smallest absolute Gasteiger partial charge is 0.422 e. The third-order valence-corrected chi connectivity index (χ3v) is 5.54. The topological polar surface area (TPSA) is 110 Å². The molecule has 0 aliphatic carbocycles. The van der Waals surface area contributed by atoms with Crippen LogP contribution in [0.3, 0.4) is 0 Å². The Bertz CT molecular complexity index is 1610. The van der Waals surface area contributed by atoms with Gasteiger partial charge >= 0.3 is 24.3 Å². The highest BCUT2D eigenvalue weighted by atomic mass is 19.4. The number of esters is 2. The zero-order valence-electron chi connectivity index (χ0n) is 20.0. The molecular weight excluding hydrogens is 546 g/mol. The predicted octanol–water partition coefficient (Wildman–Crippen LogP) is 6.09. The fraction of sp³-hybridized carbons (Fsp3) is 0.154. The van der Waals surface area contributed by atoms with Gasteiger partial charge in [0.2, 0.25) is 0 Å². The van der Waals surface area contributed by atoms with Gasteiger partial charge in [0.05, 0.1) is 33.8 Å². The summed E-state index contributed by atoms with van der Waals surface area (Å²) in [6.45, 7) is -3.57. The molecule has 0 saturated carbocycles. The molecule has 14 heteroatoms. The first-order chi connectivity index (χ1) is 18.8. The highest BCUT2D eigenvalue weighted by Crippen LogP contribution is 2.25. The number of carbonyl (C=O) groups excluding carboxylic acids is 2. The van der Waals surface area contributed by atoms with E-state index in [2.05, 4.69) is 29.4 Å². The van der Waals surface area contributed by atoms with Crippen molar-refractivity contribution in [2.75, 3.05) is 13.2 Å². The second-order valence-electron chi connectivity index (χ2n) is 8.59. The molecule has 3 aromatic heterocycles. The van der Waals surface area contributed by atoms with Crippen molar-refractivity contribution in [1.29, 1.82) is 0 Å². The summed E-state index contributed by atoms with van der Waals surface area (Å²) in [5.74, 6) is -2.49. The number of fused-ring (bicyclic) bond motifs is 8. The van der Waals surface area contributed by atoms with Crippen LogP contribution < -0.4 is 0 Å². The van der Waals surface area contributed by atoms with Crippen LogP contribution in [0.2, 0.25) is 0 Å². The maximum atomic E-state index is 12.7. The van der Waals surface area contributed by atoms with Crippen LogP contribution in [-0.2, 0) is 9.47 Å². The molecule has 0 unspecified atom stereocenters. The first-order valence-corrected chi connectivity index (χ1v) is 11.4. The van der Waals surface area contributed by atoms with E-state index in [1.54, 1.807) is 0 Å². The van der Waals surface area contributed by atoms with Gasteiger partial charge in [-0.25, -0.2) is 19.6 Å². The van der Waals surface area contributed by atoms with Crippen LogP contribution in [-0.4, -0.2) is 57.4 Å². The van der Waals surface area contributed by atoms with Gasteiger partial charge in [-0.2, -0.15) is 26.3 Å². The summed E-state index contributed by atoms with van der Waals surface area (Å²) in [5.41, 5.74) is 1.13. The third kappa shape index (κ3) is 6.06. The van der Waals surface area contributed by atoms with Crippen LogP contribution in [0.4, 0.5) is 26.3 Å². The van der Waals surface area contributed by atoms with Crippen LogP contribution >= 0.6 is 0 Å². The molecular formula is C26H16F6N4O4. The summed E-state index contributed by atoms with van der Waals surface area (Å²) in [5, 5.41) is 0. The minimum Gasteiger partial charge on any atom is -0.452 e. The third-order valence-electron chi connectivity index (χ3n) is 5.54. The predicted molar refractivity (Wildman–Crippen MR) is 132 cm³/mol. The van der Waals surface area contributed by atoms with Gasteiger partial charge in [-0.05, 0) is 60.7 Å². The number of hydrogen-bond donors (Lipinski definition) is 2. The van der Waals surface area contributed by atoms with Gasteiger partial charge in [0.25, 0.3) is 0 Å². The molecule has 0 fully saturated rings. The average molecular weight is 562 g/mol. The number of ether oxygens (including phenoxy) is 2. The summed E-state index contributed by atoms with van der Waals surface area (Å²) in [6.07, 6.45) is -3.69. The van der Waals surface area contributed by atoms with Crippen LogP contribution in [0.5, 0.6) is 0 Å². The van der Waals surface area contributed by atoms with E-state index in [-0.39, 0.29) is 44.9 Å². The monoisotopic (exact) mass is 562 g/mol. The first kappa shape index (κ1) is 26.7. The lowest BCUT2D eigenvalue weighted by molar-refractivity contribution is -0.161. The number of carbonyl (C=O) groups is 2. The number of rotatable bonds is 4. The first-order valence-electron chi connectivity index (χ1n) is 11.4. The van der Waals surface area contributed by atoms with Crippen molar-refractivity contribution < 1.29 is 45.4 Å². The van der Waals surface area contributed by atoms with Gasteiger partial charge in [0, 0.05) is 11.0 Å². The van der Waals surface area contributed by atoms with Gasteiger partial charge < -0.3 is 19.4 Å². The molecule has 206 valence electrons. The Labute approximate surface area is 220 Å². The fourth-order valence-electron chi connectivity index (χ4n) is 3.94. The SMILES string of the molecule is O=C(OCC(F)(F)F)c1c2nc(cc3nc(c(C(=O)OCC(F)(F)F)c4ccc(cc5ccc1[nH]5)[nH]4)C=C3)C=C2. The highest BCUT2D eigenvalue weighted by molar-refractivity contribution is 6.03. The summed E-state index contributed by atoms with van der Waals surface area (Å²) in [6, 6.07) is 8.96. The van der Waals surface area contributed by atoms with Crippen LogP contribution in [0, 0.1) is 0 Å². The molecule has 2 aliphatic rings. The van der Waals surface area contributed by atoms with Crippen molar-refractivity contribution in [2.45, 2.75) is 12.4 Å².